The molecule has 8 nitrogen and oxygen atoms in total. The highest BCUT2D eigenvalue weighted by Gasteiger charge is 2.39. The summed E-state index contributed by atoms with van der Waals surface area (Å²) >= 11 is 6.41. The van der Waals surface area contributed by atoms with Gasteiger partial charge in [0.25, 0.3) is 0 Å². The second-order valence-corrected chi connectivity index (χ2v) is 9.80. The summed E-state index contributed by atoms with van der Waals surface area (Å²) in [5.41, 5.74) is 12.3. The number of ether oxygens (including phenoxy) is 1. The zero-order valence-corrected chi connectivity index (χ0v) is 19.7. The molecular formula is C23H37ClN6O2. The predicted octanol–water partition coefficient (Wildman–Crippen LogP) is 1.83. The highest BCUT2D eigenvalue weighted by atomic mass is 35.5. The maximum Gasteiger partial charge on any atom is 0.228 e. The van der Waals surface area contributed by atoms with Crippen molar-refractivity contribution in [1.29, 1.82) is 0 Å². The molecule has 3 rings (SSSR count). The van der Waals surface area contributed by atoms with E-state index in [4.69, 9.17) is 32.8 Å². The summed E-state index contributed by atoms with van der Waals surface area (Å²) in [5, 5.41) is 9.16. The minimum atomic E-state index is -0.840. The van der Waals surface area contributed by atoms with Gasteiger partial charge in [-0.25, -0.2) is 0 Å². The van der Waals surface area contributed by atoms with Crippen molar-refractivity contribution < 1.29 is 9.53 Å². The van der Waals surface area contributed by atoms with Gasteiger partial charge in [0.2, 0.25) is 5.91 Å². The average Bonchev–Trinajstić information content (AvgIpc) is 2.77. The van der Waals surface area contributed by atoms with E-state index in [2.05, 4.69) is 29.8 Å². The first-order valence-corrected chi connectivity index (χ1v) is 11.9. The monoisotopic (exact) mass is 464 g/mol. The molecule has 3 aliphatic rings. The van der Waals surface area contributed by atoms with E-state index in [1.807, 2.05) is 30.8 Å². The van der Waals surface area contributed by atoms with Crippen molar-refractivity contribution in [2.24, 2.45) is 27.8 Å². The summed E-state index contributed by atoms with van der Waals surface area (Å²) in [5.74, 6) is -0.0605. The van der Waals surface area contributed by atoms with Gasteiger partial charge < -0.3 is 32.2 Å². The number of dihydropyridines is 1. The predicted molar refractivity (Wildman–Crippen MR) is 129 cm³/mol. The van der Waals surface area contributed by atoms with Gasteiger partial charge in [-0.05, 0) is 43.2 Å². The normalized spacial score (nSPS) is 33.4. The Balaban J connectivity index is 1.74. The van der Waals surface area contributed by atoms with Crippen molar-refractivity contribution in [1.82, 2.24) is 16.0 Å². The molecule has 0 aromatic heterocycles. The van der Waals surface area contributed by atoms with Gasteiger partial charge in [-0.1, -0.05) is 26.3 Å². The number of nitrogens with two attached hydrogens (primary N) is 2. The molecule has 1 amide bonds. The third-order valence-corrected chi connectivity index (χ3v) is 7.01. The number of allylic oxidation sites excluding steroid dienone is 1. The van der Waals surface area contributed by atoms with Crippen LogP contribution in [-0.4, -0.2) is 48.4 Å². The fourth-order valence-corrected chi connectivity index (χ4v) is 4.59. The lowest BCUT2D eigenvalue weighted by Crippen LogP contribution is -2.58. The molecule has 3 aliphatic heterocycles. The lowest BCUT2D eigenvalue weighted by Gasteiger charge is -2.38. The summed E-state index contributed by atoms with van der Waals surface area (Å²) in [6.07, 6.45) is 14.3. The zero-order chi connectivity index (χ0) is 23.1. The molecule has 9 heteroatoms. The Kier molecular flexibility index (Phi) is 8.62. The number of halogens is 1. The molecule has 0 saturated carbocycles. The number of carbonyl (C=O) groups is 1. The van der Waals surface area contributed by atoms with E-state index in [0.29, 0.717) is 13.0 Å². The molecule has 0 aromatic carbocycles. The minimum absolute atomic E-state index is 0.0255. The topological polar surface area (TPSA) is 127 Å². The molecule has 178 valence electrons. The third-order valence-electron chi connectivity index (χ3n) is 6.68. The lowest BCUT2D eigenvalue weighted by molar-refractivity contribution is -0.128. The van der Waals surface area contributed by atoms with Gasteiger partial charge in [-0.15, -0.1) is 11.6 Å². The Hall–Kier alpha value is -2.03. The van der Waals surface area contributed by atoms with Crippen LogP contribution in [0.3, 0.4) is 0 Å². The molecule has 0 fully saturated rings. The van der Waals surface area contributed by atoms with Gasteiger partial charge in [0.05, 0.1) is 29.5 Å². The van der Waals surface area contributed by atoms with Crippen LogP contribution in [0, 0.1) is 11.3 Å². The first kappa shape index (κ1) is 24.6. The Labute approximate surface area is 195 Å². The number of rotatable bonds is 7. The van der Waals surface area contributed by atoms with Crippen LogP contribution in [-0.2, 0) is 9.53 Å². The minimum Gasteiger partial charge on any atom is -0.487 e. The van der Waals surface area contributed by atoms with E-state index in [1.165, 1.54) is 0 Å². The van der Waals surface area contributed by atoms with Crippen LogP contribution in [0.5, 0.6) is 0 Å². The molecule has 6 atom stereocenters. The number of alkyl halides is 1. The Bertz CT molecular complexity index is 768. The maximum absolute atomic E-state index is 13.4. The van der Waals surface area contributed by atoms with E-state index in [0.717, 1.165) is 31.4 Å². The molecule has 0 aliphatic carbocycles. The highest BCUT2D eigenvalue weighted by molar-refractivity contribution is 6.28. The van der Waals surface area contributed by atoms with Crippen LogP contribution in [0.2, 0.25) is 0 Å². The van der Waals surface area contributed by atoms with Crippen molar-refractivity contribution in [3.05, 3.63) is 36.5 Å². The quantitative estimate of drug-likeness (QED) is 0.289. The molecule has 32 heavy (non-hydrogen) atoms. The lowest BCUT2D eigenvalue weighted by atomic mass is 9.73. The van der Waals surface area contributed by atoms with Gasteiger partial charge >= 0.3 is 0 Å². The Morgan fingerprint density at radius 2 is 2.25 bits per heavy atom. The van der Waals surface area contributed by atoms with Crippen molar-refractivity contribution in [3.8, 4) is 0 Å². The summed E-state index contributed by atoms with van der Waals surface area (Å²) in [7, 11) is 0. The molecule has 6 unspecified atom stereocenters. The molecule has 0 aromatic rings. The average molecular weight is 465 g/mol. The molecule has 7 N–H and O–H groups in total. The van der Waals surface area contributed by atoms with Crippen molar-refractivity contribution in [3.63, 3.8) is 0 Å². The summed E-state index contributed by atoms with van der Waals surface area (Å²) < 4.78 is 6.13. The van der Waals surface area contributed by atoms with E-state index in [-0.39, 0.29) is 34.9 Å². The van der Waals surface area contributed by atoms with E-state index in [1.54, 1.807) is 6.21 Å². The van der Waals surface area contributed by atoms with Crippen molar-refractivity contribution >= 4 is 23.7 Å². The molecule has 0 spiro atoms. The smallest absolute Gasteiger partial charge is 0.228 e. The summed E-state index contributed by atoms with van der Waals surface area (Å²) in [6, 6.07) is -0.597. The van der Waals surface area contributed by atoms with Gasteiger partial charge in [0.15, 0.2) is 0 Å². The van der Waals surface area contributed by atoms with Crippen molar-refractivity contribution in [2.45, 2.75) is 75.7 Å². The zero-order valence-electron chi connectivity index (χ0n) is 19.0. The molecular weight excluding hydrogens is 428 g/mol. The Morgan fingerprint density at radius 1 is 1.44 bits per heavy atom. The molecule has 0 bridgehead atoms. The van der Waals surface area contributed by atoms with E-state index < -0.39 is 12.1 Å². The number of nitrogens with one attached hydrogen (secondary N) is 3. The van der Waals surface area contributed by atoms with Gasteiger partial charge in [-0.2, -0.15) is 0 Å². The number of nitrogens with zero attached hydrogens (tertiary/aromatic N) is 1. The fourth-order valence-electron chi connectivity index (χ4n) is 4.41. The number of hydrogen-bond donors (Lipinski definition) is 5. The molecule has 0 saturated heterocycles. The number of aliphatic imine (C=N–C) groups is 1. The van der Waals surface area contributed by atoms with Gasteiger partial charge in [-0.3, -0.25) is 9.79 Å². The first-order chi connectivity index (χ1) is 15.3. The fraction of sp³-hybridized carbons (Fsp3) is 0.652. The van der Waals surface area contributed by atoms with Crippen LogP contribution in [0.15, 0.2) is 41.5 Å². The van der Waals surface area contributed by atoms with Crippen LogP contribution in [0.1, 0.15) is 46.0 Å². The van der Waals surface area contributed by atoms with Crippen LogP contribution in [0.4, 0.5) is 0 Å². The summed E-state index contributed by atoms with van der Waals surface area (Å²) in [4.78, 5) is 18.1. The number of hydrogen-bond acceptors (Lipinski definition) is 7. The SMILES string of the molecule is CCC1(C)CCC(Cl)C=NC(C(C(=O)NC2CNC=CC2OC2=CNC=CC2)C(N)N)C1. The van der Waals surface area contributed by atoms with E-state index >= 15 is 0 Å². The van der Waals surface area contributed by atoms with Gasteiger partial charge in [0.1, 0.15) is 11.9 Å². The Morgan fingerprint density at radius 3 is 2.94 bits per heavy atom. The third kappa shape index (κ3) is 6.49. The molecule has 3 heterocycles. The van der Waals surface area contributed by atoms with Gasteiger partial charge in [0, 0.05) is 25.4 Å². The highest BCUT2D eigenvalue weighted by Crippen LogP contribution is 2.38. The number of amides is 1. The number of carbonyl (C=O) groups excluding carboxylic acids is 1. The maximum atomic E-state index is 13.4. The van der Waals surface area contributed by atoms with Crippen molar-refractivity contribution in [2.75, 3.05) is 6.54 Å². The second kappa shape index (κ2) is 11.2. The van der Waals surface area contributed by atoms with Crippen LogP contribution >= 0.6 is 11.6 Å². The summed E-state index contributed by atoms with van der Waals surface area (Å²) in [6.45, 7) is 4.93. The van der Waals surface area contributed by atoms with Crippen LogP contribution < -0.4 is 27.4 Å². The molecule has 0 radical (unpaired) electrons. The van der Waals surface area contributed by atoms with Crippen LogP contribution in [0.25, 0.3) is 0 Å². The van der Waals surface area contributed by atoms with E-state index in [9.17, 15) is 4.79 Å². The standard InChI is InChI=1S/C23H37ClN6O2/c1-3-23(2)8-6-15(24)12-29-17(11-23)20(21(25)26)22(31)30-18-14-28-10-7-19(18)32-16-5-4-9-27-13-16/h4,7,9-10,12-13,15,17-21,27-28H,3,5-6,8,11,14,25-26H2,1-2H3,(H,30,31). The second-order valence-electron chi connectivity index (χ2n) is 9.24. The first-order valence-electron chi connectivity index (χ1n) is 11.5. The largest absolute Gasteiger partial charge is 0.487 e.